The van der Waals surface area contributed by atoms with Gasteiger partial charge in [0.2, 0.25) is 17.7 Å². The van der Waals surface area contributed by atoms with Crippen molar-refractivity contribution in [2.24, 2.45) is 17.3 Å². The number of carbonyl (C=O) groups is 4. The maximum atomic E-state index is 14.9. The predicted molar refractivity (Wildman–Crippen MR) is 122 cm³/mol. The molecule has 38 heavy (non-hydrogen) atoms. The fraction of sp³-hybridized carbons (Fsp3) is 0.792. The first-order valence-electron chi connectivity index (χ1n) is 12.5. The van der Waals surface area contributed by atoms with Crippen molar-refractivity contribution in [3.05, 3.63) is 0 Å². The van der Waals surface area contributed by atoms with Gasteiger partial charge in [-0.2, -0.15) is 18.4 Å². The number of nitrogens with zero attached hydrogens (tertiary/aromatic N) is 2. The highest BCUT2D eigenvalue weighted by atomic mass is 19.4. The van der Waals surface area contributed by atoms with Gasteiger partial charge in [-0.3, -0.25) is 19.2 Å². The second-order valence-corrected chi connectivity index (χ2v) is 11.3. The van der Waals surface area contributed by atoms with Crippen LogP contribution in [0.5, 0.6) is 0 Å². The van der Waals surface area contributed by atoms with Crippen molar-refractivity contribution in [2.45, 2.75) is 95.6 Å². The number of nitriles is 1. The molecule has 0 radical (unpaired) electrons. The Kier molecular flexibility index (Phi) is 8.29. The zero-order chi connectivity index (χ0) is 28.6. The summed E-state index contributed by atoms with van der Waals surface area (Å²) < 4.78 is 68.9. The van der Waals surface area contributed by atoms with Crippen molar-refractivity contribution in [3.63, 3.8) is 0 Å². The van der Waals surface area contributed by atoms with Gasteiger partial charge in [0.25, 0.3) is 5.92 Å². The second kappa shape index (κ2) is 10.6. The van der Waals surface area contributed by atoms with Crippen LogP contribution in [0.1, 0.15) is 59.3 Å². The van der Waals surface area contributed by atoms with Crippen molar-refractivity contribution in [2.75, 3.05) is 6.54 Å². The van der Waals surface area contributed by atoms with Gasteiger partial charge < -0.3 is 20.9 Å². The first kappa shape index (κ1) is 29.6. The molecule has 2 bridgehead atoms. The Balaban J connectivity index is 1.90. The van der Waals surface area contributed by atoms with Crippen molar-refractivity contribution < 1.29 is 41.1 Å². The van der Waals surface area contributed by atoms with E-state index in [4.69, 9.17) is 0 Å². The fourth-order valence-corrected chi connectivity index (χ4v) is 5.58. The number of hydrogen-bond acceptors (Lipinski definition) is 5. The van der Waals surface area contributed by atoms with E-state index in [0.717, 1.165) is 4.90 Å². The van der Waals surface area contributed by atoms with Gasteiger partial charge in [-0.25, -0.2) is 8.78 Å². The van der Waals surface area contributed by atoms with E-state index < -0.39 is 77.7 Å². The summed E-state index contributed by atoms with van der Waals surface area (Å²) in [5.74, 6) is -10.3. The molecule has 1 aliphatic carbocycles. The Morgan fingerprint density at radius 3 is 2.34 bits per heavy atom. The Bertz CT molecular complexity index is 1010. The summed E-state index contributed by atoms with van der Waals surface area (Å²) in [6.45, 7) is 4.69. The first-order valence-corrected chi connectivity index (χ1v) is 12.5. The molecule has 1 saturated carbocycles. The van der Waals surface area contributed by atoms with Crippen molar-refractivity contribution in [3.8, 4) is 6.07 Å². The number of amides is 4. The van der Waals surface area contributed by atoms with Crippen molar-refractivity contribution in [1.82, 2.24) is 20.9 Å². The maximum absolute atomic E-state index is 14.9. The number of piperidine rings is 3. The fourth-order valence-electron chi connectivity index (χ4n) is 5.58. The molecule has 0 aromatic carbocycles. The molecule has 212 valence electrons. The molecule has 3 N–H and O–H groups in total. The molecule has 4 aliphatic rings. The lowest BCUT2D eigenvalue weighted by atomic mass is 9.70. The lowest BCUT2D eigenvalue weighted by molar-refractivity contribution is -0.197. The zero-order valence-electron chi connectivity index (χ0n) is 21.3. The second-order valence-electron chi connectivity index (χ2n) is 11.3. The normalized spacial score (nSPS) is 28.5. The van der Waals surface area contributed by atoms with Gasteiger partial charge in [0.15, 0.2) is 0 Å². The van der Waals surface area contributed by atoms with E-state index in [1.165, 1.54) is 20.8 Å². The molecule has 0 aromatic rings. The number of carbonyl (C=O) groups excluding carboxylic acids is 4. The third-order valence-electron chi connectivity index (χ3n) is 7.50. The Morgan fingerprint density at radius 1 is 1.16 bits per heavy atom. The summed E-state index contributed by atoms with van der Waals surface area (Å²) in [6.07, 6.45) is -5.00. The van der Waals surface area contributed by atoms with Gasteiger partial charge in [0.1, 0.15) is 18.1 Å². The summed E-state index contributed by atoms with van der Waals surface area (Å²) in [4.78, 5) is 51.7. The Labute approximate surface area is 216 Å². The summed E-state index contributed by atoms with van der Waals surface area (Å²) in [5, 5.41) is 16.3. The van der Waals surface area contributed by atoms with E-state index in [2.05, 4.69) is 10.6 Å². The van der Waals surface area contributed by atoms with Crippen LogP contribution in [0.15, 0.2) is 0 Å². The van der Waals surface area contributed by atoms with Gasteiger partial charge >= 0.3 is 12.1 Å². The lowest BCUT2D eigenvalue weighted by Crippen LogP contribution is -2.71. The van der Waals surface area contributed by atoms with E-state index >= 15 is 0 Å². The van der Waals surface area contributed by atoms with Crippen LogP contribution in [0.2, 0.25) is 0 Å². The molecule has 3 saturated heterocycles. The lowest BCUT2D eigenvalue weighted by Gasteiger charge is -2.55. The molecule has 14 heteroatoms. The Morgan fingerprint density at radius 2 is 1.82 bits per heavy atom. The molecule has 3 aliphatic heterocycles. The van der Waals surface area contributed by atoms with E-state index in [1.807, 2.05) is 6.07 Å². The smallest absolute Gasteiger partial charge is 0.356 e. The first-order chi connectivity index (χ1) is 17.5. The van der Waals surface area contributed by atoms with Gasteiger partial charge in [-0.1, -0.05) is 20.8 Å². The van der Waals surface area contributed by atoms with Gasteiger partial charge in [0, 0.05) is 24.9 Å². The third kappa shape index (κ3) is 6.18. The predicted octanol–water partition coefficient (Wildman–Crippen LogP) is 2.02. The minimum atomic E-state index is -5.29. The average molecular weight is 550 g/mol. The number of hydrogen-bond donors (Lipinski definition) is 3. The monoisotopic (exact) mass is 549 g/mol. The van der Waals surface area contributed by atoms with Crippen molar-refractivity contribution >= 4 is 23.6 Å². The van der Waals surface area contributed by atoms with Gasteiger partial charge in [0.05, 0.1) is 12.0 Å². The highest BCUT2D eigenvalue weighted by Gasteiger charge is 2.61. The zero-order valence-corrected chi connectivity index (χ0v) is 21.3. The van der Waals surface area contributed by atoms with Crippen LogP contribution in [-0.2, 0) is 19.2 Å². The number of nitrogens with one attached hydrogen (secondary N) is 3. The standard InChI is InChI=1S/C24H32F5N5O4/c1-22(2,3)17(33-21(38)24(27,28)29)20(37)34-14-6-7-15(23(25,26)10-14)16(34)19(36)32-13(11-30)9-12-5-4-8-31-18(12)35/h12-17H,4-10H2,1-3H3,(H,31,35)(H,32,36)(H,33,38)/t12-,13-,14+,15+,16+,17+/m1/s1. The minimum Gasteiger partial charge on any atom is -0.356 e. The molecule has 0 spiro atoms. The number of rotatable bonds is 6. The van der Waals surface area contributed by atoms with Crippen molar-refractivity contribution in [1.29, 1.82) is 5.26 Å². The van der Waals surface area contributed by atoms with Crippen LogP contribution in [-0.4, -0.2) is 71.3 Å². The average Bonchev–Trinajstić information content (AvgIpc) is 2.80. The van der Waals surface area contributed by atoms with Crippen LogP contribution < -0.4 is 16.0 Å². The molecule has 4 fully saturated rings. The highest BCUT2D eigenvalue weighted by Crippen LogP contribution is 2.49. The van der Waals surface area contributed by atoms with E-state index in [0.29, 0.717) is 19.4 Å². The number of alkyl halides is 5. The molecule has 4 amide bonds. The largest absolute Gasteiger partial charge is 0.471 e. The van der Waals surface area contributed by atoms with Crippen LogP contribution >= 0.6 is 0 Å². The molecular formula is C24H32F5N5O4. The van der Waals surface area contributed by atoms with E-state index in [-0.39, 0.29) is 25.2 Å². The van der Waals surface area contributed by atoms with Crippen LogP contribution in [0.25, 0.3) is 0 Å². The molecular weight excluding hydrogens is 517 g/mol. The quantitative estimate of drug-likeness (QED) is 0.437. The molecule has 4 rings (SSSR count). The summed E-state index contributed by atoms with van der Waals surface area (Å²) in [7, 11) is 0. The van der Waals surface area contributed by atoms with Gasteiger partial charge in [-0.15, -0.1) is 0 Å². The van der Waals surface area contributed by atoms with E-state index in [1.54, 1.807) is 5.32 Å². The summed E-state index contributed by atoms with van der Waals surface area (Å²) >= 11 is 0. The van der Waals surface area contributed by atoms with Crippen LogP contribution in [0.4, 0.5) is 22.0 Å². The molecule has 6 atom stereocenters. The van der Waals surface area contributed by atoms with E-state index in [9.17, 15) is 46.4 Å². The number of fused-ring (bicyclic) bond motifs is 3. The topological polar surface area (TPSA) is 131 Å². The van der Waals surface area contributed by atoms with Crippen LogP contribution in [0.3, 0.4) is 0 Å². The third-order valence-corrected chi connectivity index (χ3v) is 7.50. The maximum Gasteiger partial charge on any atom is 0.471 e. The molecule has 0 aromatic heterocycles. The van der Waals surface area contributed by atoms with Gasteiger partial charge in [-0.05, 0) is 37.5 Å². The number of halogens is 5. The Hall–Kier alpha value is -2.98. The molecule has 9 nitrogen and oxygen atoms in total. The molecule has 3 heterocycles. The SMILES string of the molecule is CC(C)(C)[C@@H](NC(=O)C(F)(F)F)C(=O)N1[C@H]2CC[C@@H]([C@H]1C(=O)N[C@@H](C#N)C[C@H]1CCCNC1=O)C(F)(F)C2. The minimum absolute atomic E-state index is 0.0640. The summed E-state index contributed by atoms with van der Waals surface area (Å²) in [6, 6.07) is -4.06. The molecule has 0 unspecified atom stereocenters. The highest BCUT2D eigenvalue weighted by molar-refractivity contribution is 5.94. The summed E-state index contributed by atoms with van der Waals surface area (Å²) in [5.41, 5.74) is -1.26. The van der Waals surface area contributed by atoms with Crippen LogP contribution in [0, 0.1) is 28.6 Å².